The van der Waals surface area contributed by atoms with E-state index in [4.69, 9.17) is 4.74 Å². The summed E-state index contributed by atoms with van der Waals surface area (Å²) in [5.41, 5.74) is 1.34. The molecule has 0 radical (unpaired) electrons. The van der Waals surface area contributed by atoms with Gasteiger partial charge < -0.3 is 15.0 Å². The molecule has 1 amide bonds. The Hall–Kier alpha value is -3.22. The number of carbonyl (C=O) groups excluding carboxylic acids is 4. The molecule has 0 aliphatic heterocycles. The van der Waals surface area contributed by atoms with Crippen molar-refractivity contribution in [2.45, 2.75) is 26.3 Å². The fourth-order valence-electron chi connectivity index (χ4n) is 2.31. The van der Waals surface area contributed by atoms with E-state index in [1.165, 1.54) is 26.1 Å². The van der Waals surface area contributed by atoms with Crippen LogP contribution < -0.4 is 5.32 Å². The number of amides is 1. The molecule has 1 atom stereocenters. The monoisotopic (exact) mass is 356 g/mol. The number of rotatable bonds is 8. The highest BCUT2D eigenvalue weighted by atomic mass is 16.5. The van der Waals surface area contributed by atoms with Gasteiger partial charge in [0, 0.05) is 11.8 Å². The normalized spacial score (nSPS) is 11.5. The second-order valence-electron chi connectivity index (χ2n) is 5.85. The van der Waals surface area contributed by atoms with Crippen molar-refractivity contribution in [2.75, 3.05) is 6.61 Å². The maximum Gasteiger partial charge on any atom is 0.355 e. The summed E-state index contributed by atoms with van der Waals surface area (Å²) < 4.78 is 4.91. The summed E-state index contributed by atoms with van der Waals surface area (Å²) in [5.74, 6) is -1.71. The van der Waals surface area contributed by atoms with Gasteiger partial charge >= 0.3 is 5.97 Å². The van der Waals surface area contributed by atoms with E-state index in [1.807, 2.05) is 30.3 Å². The Labute approximate surface area is 150 Å². The molecule has 1 aromatic carbocycles. The van der Waals surface area contributed by atoms with Gasteiger partial charge in [-0.15, -0.1) is 0 Å². The molecule has 2 aromatic rings. The van der Waals surface area contributed by atoms with E-state index in [0.717, 1.165) is 5.56 Å². The maximum atomic E-state index is 12.0. The van der Waals surface area contributed by atoms with Gasteiger partial charge in [-0.2, -0.15) is 0 Å². The number of H-pyrrole nitrogens is 1. The van der Waals surface area contributed by atoms with Gasteiger partial charge in [0.1, 0.15) is 5.69 Å². The minimum atomic E-state index is -0.755. The molecule has 7 nitrogen and oxygen atoms in total. The number of benzene rings is 1. The average molecular weight is 356 g/mol. The Morgan fingerprint density at radius 1 is 1.12 bits per heavy atom. The molecule has 26 heavy (non-hydrogen) atoms. The van der Waals surface area contributed by atoms with Crippen LogP contribution in [0.4, 0.5) is 0 Å². The fourth-order valence-corrected chi connectivity index (χ4v) is 2.31. The van der Waals surface area contributed by atoms with E-state index in [1.54, 1.807) is 0 Å². The van der Waals surface area contributed by atoms with E-state index < -0.39 is 24.5 Å². The second-order valence-corrected chi connectivity index (χ2v) is 5.85. The van der Waals surface area contributed by atoms with Crippen molar-refractivity contribution in [3.63, 3.8) is 0 Å². The van der Waals surface area contributed by atoms with Crippen molar-refractivity contribution in [3.05, 3.63) is 59.4 Å². The van der Waals surface area contributed by atoms with E-state index in [9.17, 15) is 19.2 Å². The summed E-state index contributed by atoms with van der Waals surface area (Å²) in [6.07, 6.45) is 1.75. The lowest BCUT2D eigenvalue weighted by molar-refractivity contribution is -0.128. The van der Waals surface area contributed by atoms with Crippen molar-refractivity contribution in [1.82, 2.24) is 10.3 Å². The summed E-state index contributed by atoms with van der Waals surface area (Å²) in [7, 11) is 0. The van der Waals surface area contributed by atoms with Crippen molar-refractivity contribution >= 4 is 23.4 Å². The first kappa shape index (κ1) is 19.1. The van der Waals surface area contributed by atoms with Crippen LogP contribution >= 0.6 is 0 Å². The Morgan fingerprint density at radius 3 is 2.38 bits per heavy atom. The predicted molar refractivity (Wildman–Crippen MR) is 93.8 cm³/mol. The summed E-state index contributed by atoms with van der Waals surface area (Å²) in [5, 5.41) is 2.57. The summed E-state index contributed by atoms with van der Waals surface area (Å²) in [6, 6.07) is 9.95. The highest BCUT2D eigenvalue weighted by Gasteiger charge is 2.19. The van der Waals surface area contributed by atoms with Crippen molar-refractivity contribution < 1.29 is 23.9 Å². The Bertz CT molecular complexity index is 810. The number of aromatic amines is 1. The zero-order valence-electron chi connectivity index (χ0n) is 14.6. The van der Waals surface area contributed by atoms with Crippen LogP contribution in [-0.4, -0.2) is 41.1 Å². The summed E-state index contributed by atoms with van der Waals surface area (Å²) in [4.78, 5) is 49.5. The number of aromatic nitrogens is 1. The predicted octanol–water partition coefficient (Wildman–Crippen LogP) is 1.69. The van der Waals surface area contributed by atoms with Crippen LogP contribution in [-0.2, 0) is 20.7 Å². The van der Waals surface area contributed by atoms with Gasteiger partial charge in [0.15, 0.2) is 18.2 Å². The third-order valence-electron chi connectivity index (χ3n) is 3.75. The van der Waals surface area contributed by atoms with E-state index >= 15 is 0 Å². The molecule has 0 aliphatic rings. The number of nitrogens with one attached hydrogen (secondary N) is 2. The molecule has 136 valence electrons. The molecule has 0 saturated heterocycles. The lowest BCUT2D eigenvalue weighted by atomic mass is 10.0. The molecular formula is C19H20N2O5. The lowest BCUT2D eigenvalue weighted by Gasteiger charge is -2.16. The highest BCUT2D eigenvalue weighted by Crippen LogP contribution is 2.06. The largest absolute Gasteiger partial charge is 0.451 e. The van der Waals surface area contributed by atoms with Gasteiger partial charge in [0.25, 0.3) is 5.91 Å². The zero-order chi connectivity index (χ0) is 19.1. The smallest absolute Gasteiger partial charge is 0.355 e. The Morgan fingerprint density at radius 2 is 1.81 bits per heavy atom. The highest BCUT2D eigenvalue weighted by molar-refractivity contribution is 5.98. The van der Waals surface area contributed by atoms with Gasteiger partial charge in [0.05, 0.1) is 6.04 Å². The van der Waals surface area contributed by atoms with Crippen LogP contribution in [0.5, 0.6) is 0 Å². The number of esters is 1. The van der Waals surface area contributed by atoms with Gasteiger partial charge in [0.2, 0.25) is 0 Å². The minimum absolute atomic E-state index is 0.0791. The number of ketones is 2. The van der Waals surface area contributed by atoms with Crippen molar-refractivity contribution in [2.24, 2.45) is 0 Å². The molecular weight excluding hydrogens is 336 g/mol. The molecule has 1 aromatic heterocycles. The molecule has 0 saturated carbocycles. The third kappa shape index (κ3) is 5.41. The molecule has 0 spiro atoms. The second kappa shape index (κ2) is 8.75. The SMILES string of the molecule is CC(=O)c1c[nH]c(C(=O)OCC(=O)N[C@H](Cc2ccccc2)C(C)=O)c1. The quantitative estimate of drug-likeness (QED) is 0.553. The molecule has 0 bridgehead atoms. The number of hydrogen-bond acceptors (Lipinski definition) is 5. The first-order valence-electron chi connectivity index (χ1n) is 8.07. The topological polar surface area (TPSA) is 105 Å². The van der Waals surface area contributed by atoms with Gasteiger partial charge in [-0.3, -0.25) is 14.4 Å². The molecule has 2 N–H and O–H groups in total. The molecule has 2 rings (SSSR count). The summed E-state index contributed by atoms with van der Waals surface area (Å²) in [6.45, 7) is 2.24. The van der Waals surface area contributed by atoms with Crippen LogP contribution in [0.2, 0.25) is 0 Å². The van der Waals surface area contributed by atoms with Gasteiger partial charge in [-0.05, 0) is 31.9 Å². The van der Waals surface area contributed by atoms with Crippen LogP contribution in [0.3, 0.4) is 0 Å². The molecule has 7 heteroatoms. The van der Waals surface area contributed by atoms with Crippen molar-refractivity contribution in [1.29, 1.82) is 0 Å². The van der Waals surface area contributed by atoms with Crippen molar-refractivity contribution in [3.8, 4) is 0 Å². The minimum Gasteiger partial charge on any atom is -0.451 e. The third-order valence-corrected chi connectivity index (χ3v) is 3.75. The molecule has 1 heterocycles. The zero-order valence-corrected chi connectivity index (χ0v) is 14.6. The number of Topliss-reactive ketones (excluding diaryl/α,β-unsaturated/α-hetero) is 2. The van der Waals surface area contributed by atoms with Crippen LogP contribution in [0, 0.1) is 0 Å². The summed E-state index contributed by atoms with van der Waals surface area (Å²) >= 11 is 0. The van der Waals surface area contributed by atoms with E-state index in [-0.39, 0.29) is 17.3 Å². The maximum absolute atomic E-state index is 12.0. The van der Waals surface area contributed by atoms with Crippen LogP contribution in [0.1, 0.15) is 40.3 Å². The van der Waals surface area contributed by atoms with Gasteiger partial charge in [-0.1, -0.05) is 30.3 Å². The fraction of sp³-hybridized carbons (Fsp3) is 0.263. The van der Waals surface area contributed by atoms with Crippen LogP contribution in [0.25, 0.3) is 0 Å². The Balaban J connectivity index is 1.88. The van der Waals surface area contributed by atoms with Gasteiger partial charge in [-0.25, -0.2) is 4.79 Å². The first-order chi connectivity index (χ1) is 12.4. The number of hydrogen-bond donors (Lipinski definition) is 2. The van der Waals surface area contributed by atoms with E-state index in [0.29, 0.717) is 12.0 Å². The number of ether oxygens (including phenoxy) is 1. The lowest BCUT2D eigenvalue weighted by Crippen LogP contribution is -2.43. The molecule has 0 fully saturated rings. The first-order valence-corrected chi connectivity index (χ1v) is 8.07. The molecule has 0 aliphatic carbocycles. The standard InChI is InChI=1S/C19H20N2O5/c1-12(22)15-9-17(20-10-15)19(25)26-11-18(24)21-16(13(2)23)8-14-6-4-3-5-7-14/h3-7,9-10,16,20H,8,11H2,1-2H3,(H,21,24)/t16-/m1/s1. The number of carbonyl (C=O) groups is 4. The average Bonchev–Trinajstić information content (AvgIpc) is 3.10. The van der Waals surface area contributed by atoms with E-state index in [2.05, 4.69) is 10.3 Å². The molecule has 0 unspecified atom stereocenters. The Kier molecular flexibility index (Phi) is 6.43. The van der Waals surface area contributed by atoms with Crippen LogP contribution in [0.15, 0.2) is 42.6 Å².